The van der Waals surface area contributed by atoms with Gasteiger partial charge in [0, 0.05) is 44.4 Å². The third-order valence-corrected chi connectivity index (χ3v) is 15.2. The molecule has 5 rings (SSSR count). The zero-order valence-corrected chi connectivity index (χ0v) is 29.5. The van der Waals surface area contributed by atoms with Crippen molar-refractivity contribution in [3.63, 3.8) is 0 Å². The number of anilines is 1. The van der Waals surface area contributed by atoms with E-state index in [9.17, 15) is 12.8 Å². The Morgan fingerprint density at radius 1 is 0.867 bits per heavy atom. The van der Waals surface area contributed by atoms with Gasteiger partial charge in [0.25, 0.3) is 0 Å². The van der Waals surface area contributed by atoms with Gasteiger partial charge in [-0.15, -0.1) is 22.7 Å². The molecular formula is C33H39FN2O5S3Si. The van der Waals surface area contributed by atoms with Crippen LogP contribution in [0.3, 0.4) is 0 Å². The summed E-state index contributed by atoms with van der Waals surface area (Å²) < 4.78 is 63.5. The molecule has 0 aliphatic rings. The maximum absolute atomic E-state index is 14.7. The number of fused-ring (bicyclic) bond motifs is 2. The first-order valence-corrected chi connectivity index (χ1v) is 21.2. The topological polar surface area (TPSA) is 85.9 Å². The molecule has 7 nitrogen and oxygen atoms in total. The summed E-state index contributed by atoms with van der Waals surface area (Å²) in [5.41, 5.74) is 0.525. The second-order valence-corrected chi connectivity index (χ2v) is 19.5. The number of halogens is 1. The minimum atomic E-state index is -3.70. The lowest BCUT2D eigenvalue weighted by molar-refractivity contribution is -0.126. The van der Waals surface area contributed by atoms with Gasteiger partial charge in [0.05, 0.1) is 18.0 Å². The van der Waals surface area contributed by atoms with E-state index in [1.54, 1.807) is 28.7 Å². The van der Waals surface area contributed by atoms with Crippen LogP contribution in [0.1, 0.15) is 39.4 Å². The zero-order valence-electron chi connectivity index (χ0n) is 26.1. The Morgan fingerprint density at radius 2 is 1.40 bits per heavy atom. The molecule has 0 radical (unpaired) electrons. The minimum Gasteiger partial charge on any atom is -0.438 e. The predicted octanol–water partition coefficient (Wildman–Crippen LogP) is 9.11. The Hall–Kier alpha value is -3.00. The van der Waals surface area contributed by atoms with Crippen molar-refractivity contribution in [2.45, 2.75) is 57.8 Å². The average Bonchev–Trinajstić information content (AvgIpc) is 3.62. The first-order valence-electron chi connectivity index (χ1n) is 15.0. The number of benzene rings is 3. The first-order chi connectivity index (χ1) is 21.5. The van der Waals surface area contributed by atoms with Crippen molar-refractivity contribution in [1.82, 2.24) is 5.32 Å². The monoisotopic (exact) mass is 686 g/mol. The molecule has 0 spiro atoms. The average molecular weight is 687 g/mol. The van der Waals surface area contributed by atoms with Crippen LogP contribution in [0.5, 0.6) is 11.5 Å². The van der Waals surface area contributed by atoms with E-state index in [-0.39, 0.29) is 12.2 Å². The fourth-order valence-corrected chi connectivity index (χ4v) is 10.5. The molecule has 3 aromatic carbocycles. The third-order valence-electron chi connectivity index (χ3n) is 8.09. The van der Waals surface area contributed by atoms with E-state index < -0.39 is 36.2 Å². The number of hydrogen-bond donors (Lipinski definition) is 2. The van der Waals surface area contributed by atoms with Gasteiger partial charge in [-0.05, 0) is 60.1 Å². The summed E-state index contributed by atoms with van der Waals surface area (Å²) in [6.45, 7) is 8.52. The summed E-state index contributed by atoms with van der Waals surface area (Å²) in [4.78, 5) is 0. The van der Waals surface area contributed by atoms with Crippen LogP contribution >= 0.6 is 22.7 Å². The summed E-state index contributed by atoms with van der Waals surface area (Å²) in [6.07, 6.45) is 0.461. The first kappa shape index (κ1) is 33.4. The Labute approximate surface area is 273 Å². The lowest BCUT2D eigenvalue weighted by atomic mass is 10.1. The molecule has 2 heterocycles. The van der Waals surface area contributed by atoms with Crippen molar-refractivity contribution < 1.29 is 26.7 Å². The highest BCUT2D eigenvalue weighted by molar-refractivity contribution is 7.92. The van der Waals surface area contributed by atoms with Gasteiger partial charge in [0.1, 0.15) is 17.3 Å². The van der Waals surface area contributed by atoms with Gasteiger partial charge in [0.2, 0.25) is 10.0 Å². The summed E-state index contributed by atoms with van der Waals surface area (Å²) in [5, 5.41) is 9.41. The number of thiophene rings is 2. The van der Waals surface area contributed by atoms with Gasteiger partial charge in [0.15, 0.2) is 8.32 Å². The quantitative estimate of drug-likeness (QED) is 0.0844. The number of hydrogen-bond acceptors (Lipinski definition) is 8. The maximum atomic E-state index is 14.7. The van der Waals surface area contributed by atoms with E-state index in [0.29, 0.717) is 17.1 Å². The second kappa shape index (κ2) is 13.8. The summed E-state index contributed by atoms with van der Waals surface area (Å²) in [7, 11) is -5.88. The molecule has 0 bridgehead atoms. The van der Waals surface area contributed by atoms with Gasteiger partial charge in [-0.2, -0.15) is 0 Å². The predicted molar refractivity (Wildman–Crippen MR) is 187 cm³/mol. The van der Waals surface area contributed by atoms with E-state index in [1.807, 2.05) is 54.1 Å². The van der Waals surface area contributed by atoms with Crippen molar-refractivity contribution in [2.75, 3.05) is 17.5 Å². The molecule has 0 saturated carbocycles. The Kier molecular flexibility index (Phi) is 10.2. The normalized spacial score (nSPS) is 13.3. The molecule has 1 atom stereocenters. The molecule has 240 valence electrons. The smallest absolute Gasteiger partial charge is 0.310 e. The van der Waals surface area contributed by atoms with Gasteiger partial charge in [-0.1, -0.05) is 51.1 Å². The van der Waals surface area contributed by atoms with E-state index in [1.165, 1.54) is 12.1 Å². The zero-order chi connectivity index (χ0) is 32.2. The number of ether oxygens (including phenoxy) is 2. The standard InChI is InChI=1S/C33H39FN2O5S3Si/c1-6-45(7-2,8-3)41-28(23-17-18-26(34)27(19-23)36-44(5,37)38)20-35-33(4,39-29-21-42-31-15-11-9-13-24(29)31)40-30-22-43-32-16-12-10-14-25(30)32/h9-19,21-22,28,35-36H,6-8,20H2,1-5H3. The third kappa shape index (κ3) is 7.87. The molecule has 12 heteroatoms. The largest absolute Gasteiger partial charge is 0.438 e. The van der Waals surface area contributed by atoms with E-state index in [0.717, 1.165) is 44.6 Å². The lowest BCUT2D eigenvalue weighted by Gasteiger charge is -2.37. The van der Waals surface area contributed by atoms with E-state index in [2.05, 4.69) is 42.9 Å². The number of rotatable bonds is 15. The van der Waals surface area contributed by atoms with Crippen LogP contribution < -0.4 is 19.5 Å². The minimum absolute atomic E-state index is 0.120. The van der Waals surface area contributed by atoms with Crippen molar-refractivity contribution in [3.05, 3.63) is 88.9 Å². The van der Waals surface area contributed by atoms with E-state index in [4.69, 9.17) is 13.9 Å². The molecule has 45 heavy (non-hydrogen) atoms. The molecule has 0 amide bonds. The van der Waals surface area contributed by atoms with Crippen LogP contribution in [0, 0.1) is 5.82 Å². The van der Waals surface area contributed by atoms with Crippen molar-refractivity contribution >= 4 is 66.9 Å². The molecular weight excluding hydrogens is 648 g/mol. The second-order valence-electron chi connectivity index (χ2n) is 11.2. The van der Waals surface area contributed by atoms with Gasteiger partial charge in [-0.3, -0.25) is 4.72 Å². The summed E-state index contributed by atoms with van der Waals surface area (Å²) in [6, 6.07) is 23.2. The van der Waals surface area contributed by atoms with Crippen LogP contribution in [0.2, 0.25) is 18.1 Å². The molecule has 0 aliphatic carbocycles. The maximum Gasteiger partial charge on any atom is 0.310 e. The molecule has 0 saturated heterocycles. The molecule has 5 aromatic rings. The number of nitrogens with one attached hydrogen (secondary N) is 2. The van der Waals surface area contributed by atoms with Crippen molar-refractivity contribution in [2.24, 2.45) is 0 Å². The highest BCUT2D eigenvalue weighted by Gasteiger charge is 2.36. The van der Waals surface area contributed by atoms with Crippen molar-refractivity contribution in [3.8, 4) is 11.5 Å². The lowest BCUT2D eigenvalue weighted by Crippen LogP contribution is -2.54. The fraction of sp³-hybridized carbons (Fsp3) is 0.333. The van der Waals surface area contributed by atoms with Crippen molar-refractivity contribution in [1.29, 1.82) is 0 Å². The number of sulfonamides is 1. The Morgan fingerprint density at radius 3 is 1.91 bits per heavy atom. The van der Waals surface area contributed by atoms with Gasteiger partial charge in [-0.25, -0.2) is 18.1 Å². The molecule has 1 unspecified atom stereocenters. The molecule has 0 fully saturated rings. The fourth-order valence-electron chi connectivity index (χ4n) is 5.41. The van der Waals surface area contributed by atoms with E-state index >= 15 is 0 Å². The van der Waals surface area contributed by atoms with Crippen LogP contribution in [0.4, 0.5) is 10.1 Å². The molecule has 2 aromatic heterocycles. The van der Waals surface area contributed by atoms with Crippen LogP contribution in [-0.2, 0) is 14.4 Å². The highest BCUT2D eigenvalue weighted by atomic mass is 32.2. The van der Waals surface area contributed by atoms with Gasteiger partial charge >= 0.3 is 5.91 Å². The SMILES string of the molecule is CC[Si](CC)(CC)OC(CNC(C)(Oc1csc2ccccc12)Oc1csc2ccccc12)c1ccc(F)c(NS(C)(=O)=O)c1. The summed E-state index contributed by atoms with van der Waals surface area (Å²) >= 11 is 3.19. The Bertz CT molecular complexity index is 1790. The van der Waals surface area contributed by atoms with Gasteiger partial charge < -0.3 is 13.9 Å². The molecule has 0 aliphatic heterocycles. The van der Waals surface area contributed by atoms with Crippen LogP contribution in [0.15, 0.2) is 77.5 Å². The Balaban J connectivity index is 1.52. The molecule has 2 N–H and O–H groups in total. The summed E-state index contributed by atoms with van der Waals surface area (Å²) in [5.74, 6) is -0.629. The highest BCUT2D eigenvalue weighted by Crippen LogP contribution is 2.38. The van der Waals surface area contributed by atoms with Crippen LogP contribution in [-0.4, -0.2) is 35.4 Å². The van der Waals surface area contributed by atoms with Crippen LogP contribution in [0.25, 0.3) is 20.2 Å².